The number of hydrogen-bond acceptors (Lipinski definition) is 5. The van der Waals surface area contributed by atoms with Crippen LogP contribution in [-0.2, 0) is 18.8 Å². The van der Waals surface area contributed by atoms with Gasteiger partial charge in [0.1, 0.15) is 0 Å². The van der Waals surface area contributed by atoms with Gasteiger partial charge in [0.05, 0.1) is 36.8 Å². The Morgan fingerprint density at radius 1 is 0.889 bits per heavy atom. The zero-order chi connectivity index (χ0) is 38.0. The number of halogens is 1. The molecule has 0 bridgehead atoms. The average molecular weight is 744 g/mol. The second kappa shape index (κ2) is 15.6. The Morgan fingerprint density at radius 2 is 1.52 bits per heavy atom. The van der Waals surface area contributed by atoms with Gasteiger partial charge in [0.25, 0.3) is 8.32 Å². The minimum absolute atomic E-state index is 0.157. The Hall–Kier alpha value is -4.63. The summed E-state index contributed by atoms with van der Waals surface area (Å²) in [6.45, 7) is 9.60. The number of imide groups is 1. The number of phenols is 1. The third-order valence-electron chi connectivity index (χ3n) is 11.5. The summed E-state index contributed by atoms with van der Waals surface area (Å²) < 4.78 is 28.4. The van der Waals surface area contributed by atoms with Crippen LogP contribution in [-0.4, -0.2) is 44.6 Å². The topological polar surface area (TPSA) is 76.1 Å². The van der Waals surface area contributed by atoms with Gasteiger partial charge in [-0.1, -0.05) is 131 Å². The molecule has 0 saturated carbocycles. The average Bonchev–Trinajstić information content (AvgIpc) is 3.70. The van der Waals surface area contributed by atoms with E-state index in [0.29, 0.717) is 37.3 Å². The van der Waals surface area contributed by atoms with Gasteiger partial charge in [0.15, 0.2) is 11.6 Å². The molecule has 280 valence electrons. The molecule has 2 aliphatic heterocycles. The van der Waals surface area contributed by atoms with Crippen LogP contribution in [0, 0.1) is 23.6 Å². The van der Waals surface area contributed by atoms with Gasteiger partial charge in [-0.15, -0.1) is 0 Å². The summed E-state index contributed by atoms with van der Waals surface area (Å²) in [5.41, 5.74) is 4.64. The lowest BCUT2D eigenvalue weighted by atomic mass is 9.69. The van der Waals surface area contributed by atoms with Crippen molar-refractivity contribution in [2.24, 2.45) is 17.8 Å². The molecule has 1 N–H and O–H groups in total. The van der Waals surface area contributed by atoms with Gasteiger partial charge >= 0.3 is 0 Å². The molecule has 2 saturated heterocycles. The third-order valence-corrected chi connectivity index (χ3v) is 16.5. The molecule has 0 aromatic heterocycles. The van der Waals surface area contributed by atoms with E-state index in [-0.39, 0.29) is 34.6 Å². The van der Waals surface area contributed by atoms with Crippen LogP contribution in [0.2, 0.25) is 5.04 Å². The number of amides is 2. The summed E-state index contributed by atoms with van der Waals surface area (Å²) in [5.74, 6) is -2.55. The monoisotopic (exact) mass is 743 g/mol. The molecule has 4 aromatic rings. The van der Waals surface area contributed by atoms with Crippen LogP contribution in [0.25, 0.3) is 6.08 Å². The number of aromatic hydroxyl groups is 1. The maximum atomic E-state index is 14.3. The van der Waals surface area contributed by atoms with E-state index in [9.17, 15) is 19.1 Å². The first kappa shape index (κ1) is 37.7. The lowest BCUT2D eigenvalue weighted by Gasteiger charge is -2.44. The second-order valence-corrected chi connectivity index (χ2v) is 20.2. The number of fused-ring (bicyclic) bond motifs is 3. The van der Waals surface area contributed by atoms with Gasteiger partial charge in [-0.3, -0.25) is 14.5 Å². The number of carbonyl (C=O) groups is 2. The van der Waals surface area contributed by atoms with E-state index in [4.69, 9.17) is 9.16 Å². The van der Waals surface area contributed by atoms with E-state index < -0.39 is 26.0 Å². The van der Waals surface area contributed by atoms with Gasteiger partial charge < -0.3 is 14.3 Å². The lowest BCUT2D eigenvalue weighted by Crippen LogP contribution is -2.66. The molecule has 6 nitrogen and oxygen atoms in total. The fourth-order valence-electron chi connectivity index (χ4n) is 9.15. The molecule has 2 amide bonds. The van der Waals surface area contributed by atoms with Gasteiger partial charge in [0.2, 0.25) is 11.8 Å². The van der Waals surface area contributed by atoms with Crippen LogP contribution in [0.3, 0.4) is 0 Å². The van der Waals surface area contributed by atoms with Crippen LogP contribution < -0.4 is 15.3 Å². The number of phenolic OH excluding ortho intramolecular Hbond substituents is 1. The Balaban J connectivity index is 1.27. The Kier molecular flexibility index (Phi) is 10.9. The van der Waals surface area contributed by atoms with Crippen molar-refractivity contribution in [1.82, 2.24) is 0 Å². The van der Waals surface area contributed by atoms with Crippen molar-refractivity contribution in [2.75, 3.05) is 18.1 Å². The molecular formula is C46H50FNO5Si. The molecule has 54 heavy (non-hydrogen) atoms. The van der Waals surface area contributed by atoms with Gasteiger partial charge in [-0.25, -0.2) is 4.39 Å². The fraction of sp³-hybridized carbons (Fsp3) is 0.348. The van der Waals surface area contributed by atoms with E-state index in [1.807, 2.05) is 48.5 Å². The molecule has 4 atom stereocenters. The first-order valence-electron chi connectivity index (χ1n) is 19.2. The van der Waals surface area contributed by atoms with E-state index in [0.717, 1.165) is 36.0 Å². The van der Waals surface area contributed by atoms with Crippen molar-refractivity contribution in [2.45, 2.75) is 70.9 Å². The van der Waals surface area contributed by atoms with Crippen LogP contribution in [0.1, 0.15) is 65.4 Å². The number of ether oxygens (including phenoxy) is 1. The van der Waals surface area contributed by atoms with Crippen LogP contribution in [0.5, 0.6) is 5.75 Å². The van der Waals surface area contributed by atoms with Crippen molar-refractivity contribution < 1.29 is 28.2 Å². The SMILES string of the molecule is CCC/C(=C\c1ccc(O)c(F)c1)CC[C@H]1OC[C@H]2C1=C(CO[Si](c1ccccc1)(c1ccccc1)C(C)(C)C)C[C@H]1C(=O)N(c3ccccc3)C(=O)[C@H]12. The van der Waals surface area contributed by atoms with Gasteiger partial charge in [-0.05, 0) is 82.1 Å². The molecule has 1 aliphatic carbocycles. The van der Waals surface area contributed by atoms with Gasteiger partial charge in [0, 0.05) is 5.92 Å². The minimum atomic E-state index is -2.92. The fourth-order valence-corrected chi connectivity index (χ4v) is 13.7. The lowest BCUT2D eigenvalue weighted by molar-refractivity contribution is -0.122. The van der Waals surface area contributed by atoms with Crippen molar-refractivity contribution >= 4 is 42.3 Å². The Bertz CT molecular complexity index is 2000. The van der Waals surface area contributed by atoms with E-state index in [1.54, 1.807) is 6.07 Å². The van der Waals surface area contributed by atoms with E-state index in [1.165, 1.54) is 27.4 Å². The van der Waals surface area contributed by atoms with Gasteiger partial charge in [-0.2, -0.15) is 0 Å². The van der Waals surface area contributed by atoms with E-state index >= 15 is 0 Å². The highest BCUT2D eigenvalue weighted by atomic mass is 28.4. The molecule has 0 radical (unpaired) electrons. The normalized spacial score (nSPS) is 21.8. The standard InChI is InChI=1S/C46H50FNO5Si/c1-5-15-31(26-32-22-24-40(49)39(47)27-32)23-25-41-42-33(28-37-43(38(42)30-52-41)45(51)48(44(37)50)34-16-9-6-10-17-34)29-53-54(46(2,3)4,35-18-11-7-12-19-35)36-20-13-8-14-21-36/h6-14,16-22,24,26-27,37-38,41,43,49H,5,15,23,25,28-30H2,1-4H3/b31-26+/t37-,38+,41-,43-/m1/s1. The number of allylic oxidation sites excluding steroid dienone is 1. The maximum Gasteiger partial charge on any atom is 0.261 e. The van der Waals surface area contributed by atoms with Crippen LogP contribution >= 0.6 is 0 Å². The maximum absolute atomic E-state index is 14.3. The van der Waals surface area contributed by atoms with E-state index in [2.05, 4.69) is 76.2 Å². The van der Waals surface area contributed by atoms with Crippen LogP contribution in [0.15, 0.2) is 126 Å². The smallest absolute Gasteiger partial charge is 0.261 e. The number of nitrogens with zero attached hydrogens (tertiary/aromatic N) is 1. The third kappa shape index (κ3) is 7.03. The molecular weight excluding hydrogens is 694 g/mol. The number of para-hydroxylation sites is 1. The highest BCUT2D eigenvalue weighted by molar-refractivity contribution is 6.99. The first-order chi connectivity index (χ1) is 26.0. The van der Waals surface area contributed by atoms with Crippen molar-refractivity contribution in [3.8, 4) is 5.75 Å². The molecule has 8 heteroatoms. The summed E-state index contributed by atoms with van der Waals surface area (Å²) >= 11 is 0. The molecule has 4 aromatic carbocycles. The van der Waals surface area contributed by atoms with Crippen molar-refractivity contribution in [3.63, 3.8) is 0 Å². The summed E-state index contributed by atoms with van der Waals surface area (Å²) in [5, 5.41) is 11.9. The zero-order valence-corrected chi connectivity index (χ0v) is 32.6. The summed E-state index contributed by atoms with van der Waals surface area (Å²) in [4.78, 5) is 29.9. The highest BCUT2D eigenvalue weighted by Gasteiger charge is 2.58. The first-order valence-corrected chi connectivity index (χ1v) is 21.1. The molecule has 0 spiro atoms. The number of hydrogen-bond donors (Lipinski definition) is 1. The molecule has 0 unspecified atom stereocenters. The summed E-state index contributed by atoms with van der Waals surface area (Å²) in [6, 6.07) is 34.8. The van der Waals surface area contributed by atoms with Crippen molar-refractivity contribution in [3.05, 3.63) is 137 Å². The summed E-state index contributed by atoms with van der Waals surface area (Å²) in [6.07, 6.45) is 5.36. The second-order valence-electron chi connectivity index (χ2n) is 15.9. The Labute approximate surface area is 319 Å². The predicted octanol–water partition coefficient (Wildman–Crippen LogP) is 8.59. The molecule has 2 fully saturated rings. The predicted molar refractivity (Wildman–Crippen MR) is 215 cm³/mol. The number of anilines is 1. The van der Waals surface area contributed by atoms with Crippen molar-refractivity contribution in [1.29, 1.82) is 0 Å². The largest absolute Gasteiger partial charge is 0.505 e. The highest BCUT2D eigenvalue weighted by Crippen LogP contribution is 2.51. The zero-order valence-electron chi connectivity index (χ0n) is 31.6. The summed E-state index contributed by atoms with van der Waals surface area (Å²) in [7, 11) is -2.92. The molecule has 3 aliphatic rings. The minimum Gasteiger partial charge on any atom is -0.505 e. The van der Waals surface area contributed by atoms with Crippen LogP contribution in [0.4, 0.5) is 10.1 Å². The quantitative estimate of drug-likeness (QED) is 0.0894. The number of benzene rings is 4. The number of carbonyl (C=O) groups excluding carboxylic acids is 2. The molecule has 2 heterocycles. The number of rotatable bonds is 12. The molecule has 7 rings (SSSR count). The Morgan fingerprint density at radius 3 is 2.11 bits per heavy atom.